The van der Waals surface area contributed by atoms with Gasteiger partial charge in [-0.05, 0) is 44.5 Å². The lowest BCUT2D eigenvalue weighted by Crippen LogP contribution is -2.37. The Bertz CT molecular complexity index is 1220. The zero-order valence-electron chi connectivity index (χ0n) is 18.3. The van der Waals surface area contributed by atoms with Gasteiger partial charge in [-0.3, -0.25) is 0 Å². The number of hydrogen-bond acceptors (Lipinski definition) is 7. The number of para-hydroxylation sites is 1. The van der Waals surface area contributed by atoms with E-state index in [2.05, 4.69) is 16.3 Å². The normalized spacial score (nSPS) is 15.8. The smallest absolute Gasteiger partial charge is 0.177 e. The minimum Gasteiger partial charge on any atom is -0.378 e. The van der Waals surface area contributed by atoms with Crippen LogP contribution in [0, 0.1) is 13.8 Å². The zero-order chi connectivity index (χ0) is 22.2. The molecule has 0 amide bonds. The van der Waals surface area contributed by atoms with Crippen molar-refractivity contribution in [2.75, 3.05) is 42.8 Å². The van der Waals surface area contributed by atoms with Gasteiger partial charge in [-0.15, -0.1) is 0 Å². The fourth-order valence-electron chi connectivity index (χ4n) is 4.04. The second-order valence-corrected chi connectivity index (χ2v) is 10.1. The molecular weight excluding hydrogens is 412 g/mol. The molecule has 0 aliphatic carbocycles. The van der Waals surface area contributed by atoms with Crippen LogP contribution < -0.4 is 10.2 Å². The number of rotatable bonds is 5. The van der Waals surface area contributed by atoms with Gasteiger partial charge in [-0.1, -0.05) is 18.2 Å². The first-order valence-corrected chi connectivity index (χ1v) is 12.3. The number of hydrogen-bond donors (Lipinski definition) is 1. The zero-order valence-corrected chi connectivity index (χ0v) is 19.2. The predicted octanol–water partition coefficient (Wildman–Crippen LogP) is 3.66. The average Bonchev–Trinajstić information content (AvgIpc) is 2.73. The molecule has 0 unspecified atom stereocenters. The minimum absolute atomic E-state index is 0.167. The lowest BCUT2D eigenvalue weighted by molar-refractivity contribution is 0.122. The molecule has 0 spiro atoms. The quantitative estimate of drug-likeness (QED) is 0.648. The van der Waals surface area contributed by atoms with Crippen LogP contribution >= 0.6 is 0 Å². The van der Waals surface area contributed by atoms with E-state index in [1.807, 2.05) is 32.9 Å². The summed E-state index contributed by atoms with van der Waals surface area (Å²) in [4.78, 5) is 12.4. The van der Waals surface area contributed by atoms with Gasteiger partial charge in [-0.25, -0.2) is 18.4 Å². The van der Waals surface area contributed by atoms with Crippen LogP contribution in [0.25, 0.3) is 11.0 Å². The lowest BCUT2D eigenvalue weighted by atomic mass is 10.0. The summed E-state index contributed by atoms with van der Waals surface area (Å²) in [6, 6.07) is 10.9. The maximum atomic E-state index is 12.2. The summed E-state index contributed by atoms with van der Waals surface area (Å²) in [5, 5.41) is 3.39. The average molecular weight is 441 g/mol. The Morgan fingerprint density at radius 2 is 1.81 bits per heavy atom. The van der Waals surface area contributed by atoms with Gasteiger partial charge < -0.3 is 15.0 Å². The van der Waals surface area contributed by atoms with Crippen molar-refractivity contribution in [1.29, 1.82) is 0 Å². The topological polar surface area (TPSA) is 84.4 Å². The molecule has 0 bridgehead atoms. The third-order valence-electron chi connectivity index (χ3n) is 5.53. The van der Waals surface area contributed by atoms with Crippen LogP contribution in [0.2, 0.25) is 0 Å². The van der Waals surface area contributed by atoms with Gasteiger partial charge in [-0.2, -0.15) is 0 Å². The molecule has 7 nitrogen and oxygen atoms in total. The van der Waals surface area contributed by atoms with Gasteiger partial charge in [0.25, 0.3) is 0 Å². The number of anilines is 2. The molecular formula is C23H28N4O3S. The van der Waals surface area contributed by atoms with E-state index in [9.17, 15) is 8.42 Å². The van der Waals surface area contributed by atoms with Gasteiger partial charge in [0.05, 0.1) is 46.6 Å². The van der Waals surface area contributed by atoms with Crippen LogP contribution in [0.5, 0.6) is 0 Å². The molecule has 1 N–H and O–H groups in total. The Balaban J connectivity index is 1.78. The number of nitrogens with one attached hydrogen (secondary N) is 1. The number of sulfone groups is 1. The molecule has 1 atom stereocenters. The van der Waals surface area contributed by atoms with Crippen LogP contribution in [0.4, 0.5) is 11.5 Å². The first kappa shape index (κ1) is 21.5. The number of ether oxygens (including phenoxy) is 1. The maximum Gasteiger partial charge on any atom is 0.177 e. The minimum atomic E-state index is -3.35. The van der Waals surface area contributed by atoms with Crippen molar-refractivity contribution in [2.45, 2.75) is 31.7 Å². The van der Waals surface area contributed by atoms with E-state index < -0.39 is 9.84 Å². The summed E-state index contributed by atoms with van der Waals surface area (Å²) in [5.41, 5.74) is 5.22. The summed E-state index contributed by atoms with van der Waals surface area (Å²) in [7, 11) is -3.35. The summed E-state index contributed by atoms with van der Waals surface area (Å²) in [6.45, 7) is 8.98. The van der Waals surface area contributed by atoms with Crippen molar-refractivity contribution in [3.8, 4) is 0 Å². The second kappa shape index (κ2) is 8.43. The van der Waals surface area contributed by atoms with Crippen LogP contribution in [-0.4, -0.2) is 50.9 Å². The molecule has 8 heteroatoms. The highest BCUT2D eigenvalue weighted by molar-refractivity contribution is 7.90. The van der Waals surface area contributed by atoms with Crippen LogP contribution in [-0.2, 0) is 14.6 Å². The number of aryl methyl sites for hydroxylation is 2. The van der Waals surface area contributed by atoms with E-state index in [-0.39, 0.29) is 10.9 Å². The van der Waals surface area contributed by atoms with E-state index in [0.29, 0.717) is 18.9 Å². The molecule has 0 saturated carbocycles. The molecule has 1 aliphatic rings. The highest BCUT2D eigenvalue weighted by atomic mass is 32.2. The standard InChI is InChI=1S/C23H28N4O3S/c1-15-13-18(16(2)24-19-7-5-6-8-21(19)31(4,28)29)22-20(14-15)25-17(3)23(26-22)27-9-11-30-12-10-27/h5-8,13-14,16,24H,9-12H2,1-4H3/t16-/m1/s1. The molecule has 1 aliphatic heterocycles. The number of benzene rings is 2. The first-order valence-electron chi connectivity index (χ1n) is 10.4. The molecule has 1 saturated heterocycles. The van der Waals surface area contributed by atoms with Crippen LogP contribution in [0.1, 0.15) is 29.8 Å². The van der Waals surface area contributed by atoms with E-state index >= 15 is 0 Å². The van der Waals surface area contributed by atoms with Crippen LogP contribution in [0.15, 0.2) is 41.3 Å². The Morgan fingerprint density at radius 1 is 1.10 bits per heavy atom. The van der Waals surface area contributed by atoms with Crippen molar-refractivity contribution in [3.63, 3.8) is 0 Å². The Labute approximate surface area is 183 Å². The van der Waals surface area contributed by atoms with Gasteiger partial charge in [0.1, 0.15) is 0 Å². The predicted molar refractivity (Wildman–Crippen MR) is 124 cm³/mol. The fraction of sp³-hybridized carbons (Fsp3) is 0.391. The largest absolute Gasteiger partial charge is 0.378 e. The van der Waals surface area contributed by atoms with E-state index in [4.69, 9.17) is 14.7 Å². The third-order valence-corrected chi connectivity index (χ3v) is 6.68. The number of morpholine rings is 1. The Morgan fingerprint density at radius 3 is 2.52 bits per heavy atom. The van der Waals surface area contributed by atoms with E-state index in [1.165, 1.54) is 6.26 Å². The van der Waals surface area contributed by atoms with Gasteiger partial charge >= 0.3 is 0 Å². The highest BCUT2D eigenvalue weighted by Gasteiger charge is 2.21. The van der Waals surface area contributed by atoms with E-state index in [1.54, 1.807) is 18.2 Å². The molecule has 2 heterocycles. The Kier molecular flexibility index (Phi) is 5.85. The molecule has 3 aromatic rings. The summed E-state index contributed by atoms with van der Waals surface area (Å²) >= 11 is 0. The molecule has 164 valence electrons. The maximum absolute atomic E-state index is 12.2. The molecule has 1 aromatic heterocycles. The van der Waals surface area contributed by atoms with Gasteiger partial charge in [0.2, 0.25) is 0 Å². The van der Waals surface area contributed by atoms with Crippen molar-refractivity contribution in [1.82, 2.24) is 9.97 Å². The summed E-state index contributed by atoms with van der Waals surface area (Å²) < 4.78 is 29.9. The van der Waals surface area contributed by atoms with Crippen molar-refractivity contribution < 1.29 is 13.2 Å². The highest BCUT2D eigenvalue weighted by Crippen LogP contribution is 2.31. The van der Waals surface area contributed by atoms with Crippen molar-refractivity contribution in [2.24, 2.45) is 0 Å². The fourth-order valence-corrected chi connectivity index (χ4v) is 4.89. The van der Waals surface area contributed by atoms with Gasteiger partial charge in [0.15, 0.2) is 15.7 Å². The van der Waals surface area contributed by atoms with Crippen molar-refractivity contribution in [3.05, 3.63) is 53.2 Å². The molecule has 4 rings (SSSR count). The second-order valence-electron chi connectivity index (χ2n) is 8.09. The molecule has 0 radical (unpaired) electrons. The van der Waals surface area contributed by atoms with Crippen molar-refractivity contribution >= 4 is 32.4 Å². The number of fused-ring (bicyclic) bond motifs is 1. The summed E-state index contributed by atoms with van der Waals surface area (Å²) in [5.74, 6) is 0.879. The van der Waals surface area contributed by atoms with Crippen LogP contribution in [0.3, 0.4) is 0 Å². The van der Waals surface area contributed by atoms with E-state index in [0.717, 1.165) is 46.8 Å². The first-order chi connectivity index (χ1) is 14.7. The van der Waals surface area contributed by atoms with Gasteiger partial charge in [0, 0.05) is 24.9 Å². The molecule has 31 heavy (non-hydrogen) atoms. The monoisotopic (exact) mass is 440 g/mol. The molecule has 1 fully saturated rings. The number of aromatic nitrogens is 2. The molecule has 2 aromatic carbocycles. The number of nitrogens with zero attached hydrogens (tertiary/aromatic N) is 3. The lowest BCUT2D eigenvalue weighted by Gasteiger charge is -2.29. The Hall–Kier alpha value is -2.71. The SMILES string of the molecule is Cc1cc([C@@H](C)Nc2ccccc2S(C)(=O)=O)c2nc(N3CCOCC3)c(C)nc2c1. The summed E-state index contributed by atoms with van der Waals surface area (Å²) in [6.07, 6.45) is 1.23. The third kappa shape index (κ3) is 4.50.